The van der Waals surface area contributed by atoms with Gasteiger partial charge in [-0.3, -0.25) is 14.4 Å². The Morgan fingerprint density at radius 1 is 1.03 bits per heavy atom. The standard InChI is InChI=1S/C25H28N2O5/c1-5-17(4)26(23(29)18-9-7-16(3)8-10-18)21-15-22(28)27(24(21)30)20-13-11-19(12-14-20)25(31)32-6-2/h7-14,17,21H,5-6,15H2,1-4H3. The number of amides is 3. The van der Waals surface area contributed by atoms with Crippen molar-refractivity contribution in [3.05, 3.63) is 65.2 Å². The topological polar surface area (TPSA) is 84.0 Å². The molecule has 1 aliphatic rings. The van der Waals surface area contributed by atoms with E-state index in [0.29, 0.717) is 23.2 Å². The zero-order valence-corrected chi connectivity index (χ0v) is 18.8. The molecule has 3 amide bonds. The summed E-state index contributed by atoms with van der Waals surface area (Å²) in [5.41, 5.74) is 2.21. The SMILES string of the molecule is CCOC(=O)c1ccc(N2C(=O)CC(N(C(=O)c3ccc(C)cc3)C(C)CC)C2=O)cc1. The van der Waals surface area contributed by atoms with Gasteiger partial charge < -0.3 is 9.64 Å². The molecular formula is C25H28N2O5. The number of hydrogen-bond donors (Lipinski definition) is 0. The van der Waals surface area contributed by atoms with Gasteiger partial charge in [0.1, 0.15) is 6.04 Å². The third-order valence-corrected chi connectivity index (χ3v) is 5.69. The Labute approximate surface area is 188 Å². The van der Waals surface area contributed by atoms with Crippen LogP contribution in [0.1, 0.15) is 59.9 Å². The molecule has 7 nitrogen and oxygen atoms in total. The number of rotatable bonds is 7. The van der Waals surface area contributed by atoms with Gasteiger partial charge in [-0.15, -0.1) is 0 Å². The average molecular weight is 437 g/mol. The third kappa shape index (κ3) is 4.56. The van der Waals surface area contributed by atoms with Crippen molar-refractivity contribution in [1.29, 1.82) is 0 Å². The summed E-state index contributed by atoms with van der Waals surface area (Å²) in [6.45, 7) is 7.72. The number of benzene rings is 2. The summed E-state index contributed by atoms with van der Waals surface area (Å²) in [5, 5.41) is 0. The predicted molar refractivity (Wildman–Crippen MR) is 120 cm³/mol. The van der Waals surface area contributed by atoms with E-state index in [9.17, 15) is 19.2 Å². The highest BCUT2D eigenvalue weighted by molar-refractivity contribution is 6.23. The monoisotopic (exact) mass is 436 g/mol. The number of anilines is 1. The van der Waals surface area contributed by atoms with Crippen LogP contribution in [0.5, 0.6) is 0 Å². The fourth-order valence-electron chi connectivity index (χ4n) is 3.76. The van der Waals surface area contributed by atoms with Crippen molar-refractivity contribution in [2.75, 3.05) is 11.5 Å². The maximum atomic E-state index is 13.3. The first-order valence-electron chi connectivity index (χ1n) is 10.8. The second-order valence-corrected chi connectivity index (χ2v) is 7.89. The Balaban J connectivity index is 1.88. The molecule has 32 heavy (non-hydrogen) atoms. The molecule has 1 saturated heterocycles. The van der Waals surface area contributed by atoms with Gasteiger partial charge in [0, 0.05) is 11.6 Å². The van der Waals surface area contributed by atoms with Crippen LogP contribution in [0.15, 0.2) is 48.5 Å². The molecule has 2 aromatic carbocycles. The van der Waals surface area contributed by atoms with E-state index in [1.807, 2.05) is 32.9 Å². The number of imide groups is 1. The Morgan fingerprint density at radius 3 is 2.19 bits per heavy atom. The highest BCUT2D eigenvalue weighted by Crippen LogP contribution is 2.29. The molecular weight excluding hydrogens is 408 g/mol. The first-order valence-corrected chi connectivity index (χ1v) is 10.8. The van der Waals surface area contributed by atoms with Crippen molar-refractivity contribution in [3.8, 4) is 0 Å². The highest BCUT2D eigenvalue weighted by Gasteiger charge is 2.45. The molecule has 0 bridgehead atoms. The summed E-state index contributed by atoms with van der Waals surface area (Å²) in [4.78, 5) is 53.9. The Bertz CT molecular complexity index is 1010. The maximum Gasteiger partial charge on any atom is 0.338 e. The van der Waals surface area contributed by atoms with Gasteiger partial charge in [-0.05, 0) is 63.6 Å². The van der Waals surface area contributed by atoms with Crippen LogP contribution in [0, 0.1) is 6.92 Å². The van der Waals surface area contributed by atoms with Gasteiger partial charge in [0.2, 0.25) is 5.91 Å². The Kier molecular flexibility index (Phi) is 7.08. The van der Waals surface area contributed by atoms with Gasteiger partial charge in [-0.25, -0.2) is 9.69 Å². The van der Waals surface area contributed by atoms with Gasteiger partial charge in [0.05, 0.1) is 24.3 Å². The van der Waals surface area contributed by atoms with Crippen molar-refractivity contribution in [2.45, 2.75) is 52.6 Å². The summed E-state index contributed by atoms with van der Waals surface area (Å²) < 4.78 is 4.97. The van der Waals surface area contributed by atoms with E-state index in [-0.39, 0.29) is 30.9 Å². The third-order valence-electron chi connectivity index (χ3n) is 5.69. The number of esters is 1. The van der Waals surface area contributed by atoms with E-state index in [4.69, 9.17) is 4.74 Å². The van der Waals surface area contributed by atoms with E-state index in [2.05, 4.69) is 0 Å². The number of aryl methyl sites for hydroxylation is 1. The van der Waals surface area contributed by atoms with Crippen molar-refractivity contribution >= 4 is 29.4 Å². The van der Waals surface area contributed by atoms with Crippen molar-refractivity contribution in [3.63, 3.8) is 0 Å². The molecule has 7 heteroatoms. The number of carbonyl (C=O) groups excluding carboxylic acids is 4. The van der Waals surface area contributed by atoms with Crippen LogP contribution in [0.4, 0.5) is 5.69 Å². The molecule has 1 aliphatic heterocycles. The second-order valence-electron chi connectivity index (χ2n) is 7.89. The summed E-state index contributed by atoms with van der Waals surface area (Å²) in [6.07, 6.45) is 0.560. The maximum absolute atomic E-state index is 13.3. The molecule has 0 radical (unpaired) electrons. The van der Waals surface area contributed by atoms with Crippen molar-refractivity contribution in [2.24, 2.45) is 0 Å². The molecule has 0 aliphatic carbocycles. The van der Waals surface area contributed by atoms with E-state index >= 15 is 0 Å². The summed E-state index contributed by atoms with van der Waals surface area (Å²) in [6, 6.07) is 12.2. The minimum atomic E-state index is -0.879. The number of hydrogen-bond acceptors (Lipinski definition) is 5. The Hall–Kier alpha value is -3.48. The molecule has 2 aromatic rings. The van der Waals surface area contributed by atoms with Crippen molar-refractivity contribution in [1.82, 2.24) is 4.90 Å². The lowest BCUT2D eigenvalue weighted by molar-refractivity contribution is -0.122. The molecule has 3 rings (SSSR count). The number of nitrogens with zero attached hydrogens (tertiary/aromatic N) is 2. The second kappa shape index (κ2) is 9.77. The number of ether oxygens (including phenoxy) is 1. The Morgan fingerprint density at radius 2 is 1.62 bits per heavy atom. The molecule has 0 N–H and O–H groups in total. The van der Waals surface area contributed by atoms with E-state index in [0.717, 1.165) is 10.5 Å². The zero-order chi connectivity index (χ0) is 23.4. The van der Waals surface area contributed by atoms with Crippen LogP contribution in [-0.4, -0.2) is 47.3 Å². The fourth-order valence-corrected chi connectivity index (χ4v) is 3.76. The van der Waals surface area contributed by atoms with Crippen LogP contribution in [0.2, 0.25) is 0 Å². The molecule has 1 fully saturated rings. The van der Waals surface area contributed by atoms with Gasteiger partial charge in [0.15, 0.2) is 0 Å². The highest BCUT2D eigenvalue weighted by atomic mass is 16.5. The first kappa shape index (κ1) is 23.2. The van der Waals surface area contributed by atoms with E-state index < -0.39 is 17.9 Å². The van der Waals surface area contributed by atoms with Gasteiger partial charge in [-0.1, -0.05) is 24.6 Å². The largest absolute Gasteiger partial charge is 0.462 e. The molecule has 2 unspecified atom stereocenters. The van der Waals surface area contributed by atoms with Crippen LogP contribution >= 0.6 is 0 Å². The summed E-state index contributed by atoms with van der Waals surface area (Å²) in [7, 11) is 0. The van der Waals surface area contributed by atoms with Crippen LogP contribution in [0.3, 0.4) is 0 Å². The predicted octanol–water partition coefficient (Wildman–Crippen LogP) is 3.74. The first-order chi connectivity index (χ1) is 15.3. The molecule has 2 atom stereocenters. The molecule has 1 heterocycles. The average Bonchev–Trinajstić information content (AvgIpc) is 3.08. The van der Waals surface area contributed by atoms with Gasteiger partial charge >= 0.3 is 5.97 Å². The van der Waals surface area contributed by atoms with E-state index in [1.165, 1.54) is 17.0 Å². The van der Waals surface area contributed by atoms with Gasteiger partial charge in [0.25, 0.3) is 11.8 Å². The lowest BCUT2D eigenvalue weighted by Crippen LogP contribution is -2.49. The van der Waals surface area contributed by atoms with Crippen LogP contribution < -0.4 is 4.90 Å². The zero-order valence-electron chi connectivity index (χ0n) is 18.8. The molecule has 0 spiro atoms. The lowest BCUT2D eigenvalue weighted by atomic mass is 10.1. The minimum Gasteiger partial charge on any atom is -0.462 e. The molecule has 0 aromatic heterocycles. The van der Waals surface area contributed by atoms with Crippen LogP contribution in [0.25, 0.3) is 0 Å². The lowest BCUT2D eigenvalue weighted by Gasteiger charge is -2.33. The van der Waals surface area contributed by atoms with Crippen molar-refractivity contribution < 1.29 is 23.9 Å². The van der Waals surface area contributed by atoms with Crippen LogP contribution in [-0.2, 0) is 14.3 Å². The summed E-state index contributed by atoms with van der Waals surface area (Å²) in [5.74, 6) is -1.57. The smallest absolute Gasteiger partial charge is 0.338 e. The molecule has 0 saturated carbocycles. The normalized spacial score (nSPS) is 16.8. The number of carbonyl (C=O) groups is 4. The fraction of sp³-hybridized carbons (Fsp3) is 0.360. The minimum absolute atomic E-state index is 0.0829. The summed E-state index contributed by atoms with van der Waals surface area (Å²) >= 11 is 0. The van der Waals surface area contributed by atoms with Gasteiger partial charge in [-0.2, -0.15) is 0 Å². The quantitative estimate of drug-likeness (QED) is 0.488. The van der Waals surface area contributed by atoms with E-state index in [1.54, 1.807) is 31.2 Å². The molecule has 168 valence electrons.